The predicted octanol–water partition coefficient (Wildman–Crippen LogP) is 2.79. The van der Waals surface area contributed by atoms with Crippen LogP contribution < -0.4 is 0 Å². The molecule has 0 atom stereocenters. The molecule has 0 bridgehead atoms. The van der Waals surface area contributed by atoms with Crippen molar-refractivity contribution in [3.63, 3.8) is 0 Å². The van der Waals surface area contributed by atoms with E-state index in [2.05, 4.69) is 47.9 Å². The van der Waals surface area contributed by atoms with E-state index in [-0.39, 0.29) is 0 Å². The molecular formula is C8H13BrN2. The van der Waals surface area contributed by atoms with Gasteiger partial charge in [0.05, 0.1) is 0 Å². The number of hydrogen-bond donors (Lipinski definition) is 0. The van der Waals surface area contributed by atoms with Gasteiger partial charge in [-0.15, -0.1) is 0 Å². The van der Waals surface area contributed by atoms with Crippen molar-refractivity contribution in [2.24, 2.45) is 0 Å². The Bertz CT molecular complexity index is 240. The Morgan fingerprint density at radius 1 is 1.64 bits per heavy atom. The first-order valence-corrected chi connectivity index (χ1v) is 4.68. The normalized spacial score (nSPS) is 11.0. The molecule has 1 aromatic heterocycles. The minimum Gasteiger partial charge on any atom is -0.266 e. The van der Waals surface area contributed by atoms with Crippen LogP contribution in [-0.2, 0) is 6.42 Å². The Morgan fingerprint density at radius 2 is 2.27 bits per heavy atom. The second-order valence-corrected chi connectivity index (χ2v) is 3.66. The van der Waals surface area contributed by atoms with Crippen LogP contribution in [0.4, 0.5) is 0 Å². The number of rotatable bonds is 2. The zero-order valence-electron chi connectivity index (χ0n) is 7.13. The molecule has 0 spiro atoms. The lowest BCUT2D eigenvalue weighted by atomic mass is 10.3. The lowest BCUT2D eigenvalue weighted by Crippen LogP contribution is -2.06. The van der Waals surface area contributed by atoms with E-state index in [1.54, 1.807) is 0 Å². The van der Waals surface area contributed by atoms with Crippen molar-refractivity contribution in [1.29, 1.82) is 0 Å². The van der Waals surface area contributed by atoms with Crippen molar-refractivity contribution in [3.05, 3.63) is 16.4 Å². The molecule has 0 radical (unpaired) electrons. The quantitative estimate of drug-likeness (QED) is 0.744. The third kappa shape index (κ3) is 1.83. The topological polar surface area (TPSA) is 17.8 Å². The second-order valence-electron chi connectivity index (χ2n) is 2.85. The van der Waals surface area contributed by atoms with Gasteiger partial charge in [-0.05, 0) is 42.3 Å². The molecule has 1 aromatic rings. The van der Waals surface area contributed by atoms with Gasteiger partial charge >= 0.3 is 0 Å². The van der Waals surface area contributed by atoms with Gasteiger partial charge < -0.3 is 0 Å². The minimum absolute atomic E-state index is 0.455. The largest absolute Gasteiger partial charge is 0.266 e. The van der Waals surface area contributed by atoms with Gasteiger partial charge in [0.25, 0.3) is 0 Å². The molecule has 0 unspecified atom stereocenters. The van der Waals surface area contributed by atoms with Gasteiger partial charge in [-0.3, -0.25) is 4.68 Å². The molecule has 3 heteroatoms. The van der Waals surface area contributed by atoms with E-state index in [0.717, 1.165) is 11.0 Å². The molecule has 0 aliphatic heterocycles. The molecule has 2 nitrogen and oxygen atoms in total. The Morgan fingerprint density at radius 3 is 2.64 bits per heavy atom. The molecule has 0 aliphatic carbocycles. The molecule has 1 heterocycles. The van der Waals surface area contributed by atoms with E-state index >= 15 is 0 Å². The number of halogens is 1. The van der Waals surface area contributed by atoms with Crippen molar-refractivity contribution >= 4 is 15.9 Å². The van der Waals surface area contributed by atoms with Gasteiger partial charge in [-0.1, -0.05) is 6.92 Å². The fourth-order valence-electron chi connectivity index (χ4n) is 1.11. The highest BCUT2D eigenvalue weighted by molar-refractivity contribution is 9.10. The monoisotopic (exact) mass is 216 g/mol. The fraction of sp³-hybridized carbons (Fsp3) is 0.625. The van der Waals surface area contributed by atoms with Gasteiger partial charge in [-0.2, -0.15) is 5.10 Å². The summed E-state index contributed by atoms with van der Waals surface area (Å²) < 4.78 is 2.98. The zero-order chi connectivity index (χ0) is 8.43. The molecule has 0 N–H and O–H groups in total. The maximum absolute atomic E-state index is 4.31. The summed E-state index contributed by atoms with van der Waals surface area (Å²) >= 11 is 3.36. The van der Waals surface area contributed by atoms with E-state index in [0.29, 0.717) is 6.04 Å². The highest BCUT2D eigenvalue weighted by Gasteiger charge is 2.06. The third-order valence-electron chi connectivity index (χ3n) is 1.63. The molecule has 0 amide bonds. The Kier molecular flexibility index (Phi) is 2.71. The summed E-state index contributed by atoms with van der Waals surface area (Å²) in [6, 6.07) is 2.52. The van der Waals surface area contributed by atoms with Crippen LogP contribution in [0.5, 0.6) is 0 Å². The molecule has 0 aliphatic rings. The Hall–Kier alpha value is -0.310. The lowest BCUT2D eigenvalue weighted by Gasteiger charge is -2.08. The maximum atomic E-state index is 4.31. The van der Waals surface area contributed by atoms with Crippen molar-refractivity contribution in [2.75, 3.05) is 0 Å². The van der Waals surface area contributed by atoms with Crippen molar-refractivity contribution in [3.8, 4) is 0 Å². The minimum atomic E-state index is 0.455. The molecule has 0 fully saturated rings. The van der Waals surface area contributed by atoms with E-state index in [4.69, 9.17) is 0 Å². The van der Waals surface area contributed by atoms with E-state index in [1.807, 2.05) is 4.68 Å². The highest BCUT2D eigenvalue weighted by atomic mass is 79.9. The second kappa shape index (κ2) is 3.39. The van der Waals surface area contributed by atoms with E-state index in [1.165, 1.54) is 5.69 Å². The first kappa shape index (κ1) is 8.78. The van der Waals surface area contributed by atoms with Crippen LogP contribution in [0, 0.1) is 0 Å². The summed E-state index contributed by atoms with van der Waals surface area (Å²) in [7, 11) is 0. The Labute approximate surface area is 75.7 Å². The third-order valence-corrected chi connectivity index (χ3v) is 2.02. The molecule has 0 saturated carbocycles. The molecule has 1 rings (SSSR count). The first-order chi connectivity index (χ1) is 5.15. The number of nitrogens with zero attached hydrogens (tertiary/aromatic N) is 2. The van der Waals surface area contributed by atoms with E-state index < -0.39 is 0 Å². The average molecular weight is 217 g/mol. The summed E-state index contributed by atoms with van der Waals surface area (Å²) in [5, 5.41) is 4.31. The van der Waals surface area contributed by atoms with Crippen LogP contribution in [-0.4, -0.2) is 9.78 Å². The van der Waals surface area contributed by atoms with Crippen LogP contribution in [0.1, 0.15) is 32.5 Å². The first-order valence-electron chi connectivity index (χ1n) is 3.89. The predicted molar refractivity (Wildman–Crippen MR) is 49.7 cm³/mol. The molecule has 11 heavy (non-hydrogen) atoms. The van der Waals surface area contributed by atoms with Crippen LogP contribution >= 0.6 is 15.9 Å². The zero-order valence-corrected chi connectivity index (χ0v) is 8.72. The van der Waals surface area contributed by atoms with E-state index in [9.17, 15) is 0 Å². The van der Waals surface area contributed by atoms with Gasteiger partial charge in [0.15, 0.2) is 0 Å². The molecule has 0 aromatic carbocycles. The summed E-state index contributed by atoms with van der Waals surface area (Å²) in [5.41, 5.74) is 1.28. The van der Waals surface area contributed by atoms with Crippen molar-refractivity contribution in [2.45, 2.75) is 33.2 Å². The summed E-state index contributed by atoms with van der Waals surface area (Å²) in [4.78, 5) is 0. The summed E-state index contributed by atoms with van der Waals surface area (Å²) in [6.07, 6.45) is 1.04. The Balaban J connectivity index is 3.02. The molecule has 0 saturated heterocycles. The molecular weight excluding hydrogens is 204 g/mol. The highest BCUT2D eigenvalue weighted by Crippen LogP contribution is 2.15. The van der Waals surface area contributed by atoms with Gasteiger partial charge in [0.2, 0.25) is 0 Å². The lowest BCUT2D eigenvalue weighted by molar-refractivity contribution is 0.509. The van der Waals surface area contributed by atoms with Crippen LogP contribution in [0.15, 0.2) is 10.7 Å². The SMILES string of the molecule is CCc1cc(Br)nn1C(C)C. The van der Waals surface area contributed by atoms with Crippen molar-refractivity contribution in [1.82, 2.24) is 9.78 Å². The van der Waals surface area contributed by atoms with Gasteiger partial charge in [-0.25, -0.2) is 0 Å². The number of aryl methyl sites for hydroxylation is 1. The molecule has 62 valence electrons. The smallest absolute Gasteiger partial charge is 0.128 e. The van der Waals surface area contributed by atoms with Crippen LogP contribution in [0.2, 0.25) is 0 Å². The van der Waals surface area contributed by atoms with Gasteiger partial charge in [0, 0.05) is 11.7 Å². The fourth-order valence-corrected chi connectivity index (χ4v) is 1.55. The van der Waals surface area contributed by atoms with Gasteiger partial charge in [0.1, 0.15) is 4.60 Å². The number of aromatic nitrogens is 2. The standard InChI is InChI=1S/C8H13BrN2/c1-4-7-5-8(9)10-11(7)6(2)3/h5-6H,4H2,1-3H3. The number of hydrogen-bond acceptors (Lipinski definition) is 1. The maximum Gasteiger partial charge on any atom is 0.128 e. The summed E-state index contributed by atoms with van der Waals surface area (Å²) in [6.45, 7) is 6.42. The van der Waals surface area contributed by atoms with Crippen LogP contribution in [0.25, 0.3) is 0 Å². The average Bonchev–Trinajstić information content (AvgIpc) is 2.30. The summed E-state index contributed by atoms with van der Waals surface area (Å²) in [5.74, 6) is 0. The van der Waals surface area contributed by atoms with Crippen LogP contribution in [0.3, 0.4) is 0 Å². The van der Waals surface area contributed by atoms with Crippen molar-refractivity contribution < 1.29 is 0 Å².